The lowest BCUT2D eigenvalue weighted by atomic mass is 9.89. The van der Waals surface area contributed by atoms with E-state index in [1.165, 1.54) is 0 Å². The Hall–Kier alpha value is -2.45. The molecule has 7 nitrogen and oxygen atoms in total. The SMILES string of the molecule is CN(Cc1cnnn1C[C@H]1CCCN1)[C@@H]1CCCC[C@H]1NC(=S)Nc1cc(C(F)(F)F)cc(C(F)(F)F)c1. The summed E-state index contributed by atoms with van der Waals surface area (Å²) in [6.07, 6.45) is -2.34. The molecule has 2 heterocycles. The molecule has 4 rings (SSSR count). The molecule has 0 spiro atoms. The van der Waals surface area contributed by atoms with Crippen LogP contribution < -0.4 is 16.0 Å². The Balaban J connectivity index is 1.42. The minimum absolute atomic E-state index is 0.0261. The van der Waals surface area contributed by atoms with Crippen molar-refractivity contribution in [2.24, 2.45) is 0 Å². The number of benzene rings is 1. The van der Waals surface area contributed by atoms with E-state index in [0.717, 1.165) is 57.3 Å². The molecule has 14 heteroatoms. The second-order valence-electron chi connectivity index (χ2n) is 9.97. The Morgan fingerprint density at radius 3 is 2.37 bits per heavy atom. The summed E-state index contributed by atoms with van der Waals surface area (Å²) in [6, 6.07) is 1.62. The zero-order valence-corrected chi connectivity index (χ0v) is 21.7. The van der Waals surface area contributed by atoms with Crippen molar-refractivity contribution in [2.45, 2.75) is 82.1 Å². The highest BCUT2D eigenvalue weighted by molar-refractivity contribution is 7.80. The minimum Gasteiger partial charge on any atom is -0.358 e. The molecule has 3 N–H and O–H groups in total. The van der Waals surface area contributed by atoms with Crippen molar-refractivity contribution in [1.29, 1.82) is 0 Å². The largest absolute Gasteiger partial charge is 0.416 e. The fourth-order valence-corrected chi connectivity index (χ4v) is 5.49. The summed E-state index contributed by atoms with van der Waals surface area (Å²) in [5, 5.41) is 17.4. The molecule has 1 saturated heterocycles. The smallest absolute Gasteiger partial charge is 0.358 e. The van der Waals surface area contributed by atoms with E-state index < -0.39 is 23.5 Å². The zero-order valence-electron chi connectivity index (χ0n) is 20.9. The molecule has 2 aromatic rings. The lowest BCUT2D eigenvalue weighted by molar-refractivity contribution is -0.143. The lowest BCUT2D eigenvalue weighted by Crippen LogP contribution is -2.52. The molecule has 2 fully saturated rings. The summed E-state index contributed by atoms with van der Waals surface area (Å²) in [5.41, 5.74) is -2.20. The first kappa shape index (κ1) is 28.6. The first-order valence-electron chi connectivity index (χ1n) is 12.6. The molecule has 0 radical (unpaired) electrons. The van der Waals surface area contributed by atoms with E-state index in [1.807, 2.05) is 11.7 Å². The maximum atomic E-state index is 13.2. The molecule has 1 aromatic carbocycles. The topological polar surface area (TPSA) is 70.0 Å². The molecule has 0 amide bonds. The fraction of sp³-hybridized carbons (Fsp3) is 0.625. The van der Waals surface area contributed by atoms with Crippen LogP contribution >= 0.6 is 12.2 Å². The number of likely N-dealkylation sites (N-methyl/N-ethyl adjacent to an activating group) is 1. The average Bonchev–Trinajstić information content (AvgIpc) is 3.50. The van der Waals surface area contributed by atoms with Crippen LogP contribution in [-0.4, -0.2) is 56.7 Å². The van der Waals surface area contributed by atoms with Crippen LogP contribution in [0.2, 0.25) is 0 Å². The Morgan fingerprint density at radius 1 is 1.05 bits per heavy atom. The van der Waals surface area contributed by atoms with Crippen LogP contribution in [0.15, 0.2) is 24.4 Å². The standard InChI is InChI=1S/C24H31F6N7S/c1-36(14-19-12-32-35-37(19)13-17-5-4-8-31-17)21-7-3-2-6-20(21)34-22(38)33-18-10-15(23(25,26)27)9-16(11-18)24(28,29)30/h9-12,17,20-21,31H,2-8,13-14H2,1H3,(H2,33,34,38)/t17-,20-,21-/m1/s1. The van der Waals surface area contributed by atoms with Gasteiger partial charge < -0.3 is 16.0 Å². The Morgan fingerprint density at radius 2 is 1.74 bits per heavy atom. The fourth-order valence-electron chi connectivity index (χ4n) is 5.22. The van der Waals surface area contributed by atoms with Gasteiger partial charge in [-0.2, -0.15) is 26.3 Å². The molecule has 1 aliphatic heterocycles. The predicted octanol–water partition coefficient (Wildman–Crippen LogP) is 4.80. The van der Waals surface area contributed by atoms with Gasteiger partial charge in [0.1, 0.15) is 0 Å². The maximum Gasteiger partial charge on any atom is 0.416 e. The predicted molar refractivity (Wildman–Crippen MR) is 134 cm³/mol. The van der Waals surface area contributed by atoms with Gasteiger partial charge in [0.2, 0.25) is 0 Å². The summed E-state index contributed by atoms with van der Waals surface area (Å²) < 4.78 is 81.2. The van der Waals surface area contributed by atoms with Gasteiger partial charge in [-0.25, -0.2) is 4.68 Å². The van der Waals surface area contributed by atoms with Gasteiger partial charge in [0, 0.05) is 30.4 Å². The number of thiocarbonyl (C=S) groups is 1. The third-order valence-corrected chi connectivity index (χ3v) is 7.34. The quantitative estimate of drug-likeness (QED) is 0.331. The molecular formula is C24H31F6N7S. The van der Waals surface area contributed by atoms with Gasteiger partial charge in [0.05, 0.1) is 29.6 Å². The van der Waals surface area contributed by atoms with Gasteiger partial charge in [-0.05, 0) is 69.7 Å². The first-order valence-corrected chi connectivity index (χ1v) is 13.0. The molecule has 1 saturated carbocycles. The van der Waals surface area contributed by atoms with E-state index in [9.17, 15) is 26.3 Å². The van der Waals surface area contributed by atoms with Crippen molar-refractivity contribution in [3.63, 3.8) is 0 Å². The van der Waals surface area contributed by atoms with E-state index in [2.05, 4.69) is 31.2 Å². The van der Waals surface area contributed by atoms with Gasteiger partial charge in [-0.3, -0.25) is 4.90 Å². The van der Waals surface area contributed by atoms with Crippen LogP contribution in [0.3, 0.4) is 0 Å². The summed E-state index contributed by atoms with van der Waals surface area (Å²) in [7, 11) is 1.98. The van der Waals surface area contributed by atoms with Crippen molar-refractivity contribution in [2.75, 3.05) is 18.9 Å². The number of aromatic nitrogens is 3. The van der Waals surface area contributed by atoms with Crippen LogP contribution in [0.1, 0.15) is 55.3 Å². The highest BCUT2D eigenvalue weighted by atomic mass is 32.1. The molecular weight excluding hydrogens is 532 g/mol. The average molecular weight is 564 g/mol. The molecule has 2 aliphatic rings. The summed E-state index contributed by atoms with van der Waals surface area (Å²) >= 11 is 5.31. The van der Waals surface area contributed by atoms with Gasteiger partial charge in [0.25, 0.3) is 0 Å². The monoisotopic (exact) mass is 563 g/mol. The third-order valence-electron chi connectivity index (χ3n) is 7.12. The van der Waals surface area contributed by atoms with E-state index in [1.54, 1.807) is 6.20 Å². The number of nitrogens with zero attached hydrogens (tertiary/aromatic N) is 4. The van der Waals surface area contributed by atoms with Crippen LogP contribution in [0.5, 0.6) is 0 Å². The molecule has 210 valence electrons. The van der Waals surface area contributed by atoms with E-state index in [4.69, 9.17) is 12.2 Å². The third kappa shape index (κ3) is 7.35. The summed E-state index contributed by atoms with van der Waals surface area (Å²) in [5.74, 6) is 0. The van der Waals surface area contributed by atoms with E-state index in [0.29, 0.717) is 24.7 Å². The number of rotatable bonds is 7. The van der Waals surface area contributed by atoms with Gasteiger partial charge >= 0.3 is 12.4 Å². The van der Waals surface area contributed by atoms with Crippen LogP contribution in [0.25, 0.3) is 0 Å². The van der Waals surface area contributed by atoms with Crippen molar-refractivity contribution in [1.82, 2.24) is 30.5 Å². The van der Waals surface area contributed by atoms with Crippen LogP contribution in [0, 0.1) is 0 Å². The maximum absolute atomic E-state index is 13.2. The van der Waals surface area contributed by atoms with E-state index in [-0.39, 0.29) is 28.9 Å². The van der Waals surface area contributed by atoms with Crippen LogP contribution in [0.4, 0.5) is 32.0 Å². The number of hydrogen-bond donors (Lipinski definition) is 3. The van der Waals surface area contributed by atoms with E-state index >= 15 is 0 Å². The highest BCUT2D eigenvalue weighted by Gasteiger charge is 2.37. The first-order chi connectivity index (χ1) is 17.9. The zero-order chi connectivity index (χ0) is 27.5. The van der Waals surface area contributed by atoms with Gasteiger partial charge in [-0.15, -0.1) is 5.10 Å². The van der Waals surface area contributed by atoms with Gasteiger partial charge in [0.15, 0.2) is 5.11 Å². The number of alkyl halides is 6. The van der Waals surface area contributed by atoms with Crippen LogP contribution in [-0.2, 0) is 25.4 Å². The molecule has 38 heavy (non-hydrogen) atoms. The Labute approximate surface area is 222 Å². The minimum atomic E-state index is -4.93. The molecule has 3 atom stereocenters. The number of anilines is 1. The van der Waals surface area contributed by atoms with Crippen molar-refractivity contribution < 1.29 is 26.3 Å². The molecule has 1 aromatic heterocycles. The molecule has 0 unspecified atom stereocenters. The number of nitrogens with one attached hydrogen (secondary N) is 3. The molecule has 1 aliphatic carbocycles. The Bertz CT molecular complexity index is 1060. The van der Waals surface area contributed by atoms with Crippen molar-refractivity contribution in [3.8, 4) is 0 Å². The van der Waals surface area contributed by atoms with Gasteiger partial charge in [-0.1, -0.05) is 18.1 Å². The molecule has 0 bridgehead atoms. The normalized spacial score (nSPS) is 22.6. The second kappa shape index (κ2) is 11.7. The summed E-state index contributed by atoms with van der Waals surface area (Å²) in [6.45, 7) is 2.32. The summed E-state index contributed by atoms with van der Waals surface area (Å²) in [4.78, 5) is 2.17. The highest BCUT2D eigenvalue weighted by Crippen LogP contribution is 2.37. The Kier molecular flexibility index (Phi) is 8.82. The van der Waals surface area contributed by atoms with Crippen molar-refractivity contribution >= 4 is 23.0 Å². The second-order valence-corrected chi connectivity index (χ2v) is 10.4. The van der Waals surface area contributed by atoms with Crippen molar-refractivity contribution in [3.05, 3.63) is 41.2 Å². The lowest BCUT2D eigenvalue weighted by Gasteiger charge is -2.39. The number of halogens is 6. The number of hydrogen-bond acceptors (Lipinski definition) is 5.